The second-order valence-corrected chi connectivity index (χ2v) is 4.37. The predicted octanol–water partition coefficient (Wildman–Crippen LogP) is -0.752. The molecule has 0 radical (unpaired) electrons. The molecule has 0 bridgehead atoms. The van der Waals surface area contributed by atoms with Gasteiger partial charge in [0.25, 0.3) is 0 Å². The zero-order valence-electron chi connectivity index (χ0n) is 10.0. The standard InChI is InChI=1S/C11H21N3O3/c12-4-5-13-10(15)3-7-14-6-1-2-9(8-14)11(16)17/h9H,1-8,12H2,(H,13,15)(H,16,17). The van der Waals surface area contributed by atoms with Crippen LogP contribution in [0, 0.1) is 5.92 Å². The van der Waals surface area contributed by atoms with Crippen molar-refractivity contribution in [3.8, 4) is 0 Å². The van der Waals surface area contributed by atoms with Crippen LogP contribution in [0.1, 0.15) is 19.3 Å². The molecule has 1 aliphatic heterocycles. The Morgan fingerprint density at radius 2 is 2.24 bits per heavy atom. The van der Waals surface area contributed by atoms with E-state index < -0.39 is 5.97 Å². The molecule has 6 heteroatoms. The molecule has 0 aromatic heterocycles. The Bertz CT molecular complexity index is 271. The maximum atomic E-state index is 11.4. The first kappa shape index (κ1) is 13.9. The SMILES string of the molecule is NCCNC(=O)CCN1CCCC(C(=O)O)C1. The van der Waals surface area contributed by atoms with Crippen LogP contribution in [0.4, 0.5) is 0 Å². The van der Waals surface area contributed by atoms with Gasteiger partial charge in [0, 0.05) is 32.6 Å². The maximum absolute atomic E-state index is 11.4. The number of likely N-dealkylation sites (tertiary alicyclic amines) is 1. The molecule has 98 valence electrons. The second-order valence-electron chi connectivity index (χ2n) is 4.37. The largest absolute Gasteiger partial charge is 0.481 e. The number of piperidine rings is 1. The van der Waals surface area contributed by atoms with Gasteiger partial charge in [-0.15, -0.1) is 0 Å². The van der Waals surface area contributed by atoms with Gasteiger partial charge in [-0.25, -0.2) is 0 Å². The number of nitrogens with one attached hydrogen (secondary N) is 1. The normalized spacial score (nSPS) is 21.1. The summed E-state index contributed by atoms with van der Waals surface area (Å²) in [5.74, 6) is -1.04. The minimum atomic E-state index is -0.734. The summed E-state index contributed by atoms with van der Waals surface area (Å²) < 4.78 is 0. The zero-order chi connectivity index (χ0) is 12.7. The van der Waals surface area contributed by atoms with Gasteiger partial charge in [0.15, 0.2) is 0 Å². The van der Waals surface area contributed by atoms with Crippen molar-refractivity contribution in [1.29, 1.82) is 0 Å². The van der Waals surface area contributed by atoms with Crippen LogP contribution in [0.2, 0.25) is 0 Å². The number of amides is 1. The first-order valence-electron chi connectivity index (χ1n) is 6.05. The number of rotatable bonds is 6. The zero-order valence-corrected chi connectivity index (χ0v) is 10.0. The molecule has 0 aromatic rings. The van der Waals surface area contributed by atoms with E-state index in [1.807, 2.05) is 4.90 Å². The van der Waals surface area contributed by atoms with E-state index in [9.17, 15) is 9.59 Å². The molecule has 1 saturated heterocycles. The van der Waals surface area contributed by atoms with Gasteiger partial charge in [0.1, 0.15) is 0 Å². The first-order valence-corrected chi connectivity index (χ1v) is 6.05. The molecule has 17 heavy (non-hydrogen) atoms. The van der Waals surface area contributed by atoms with Gasteiger partial charge in [-0.3, -0.25) is 9.59 Å². The van der Waals surface area contributed by atoms with Gasteiger partial charge in [-0.2, -0.15) is 0 Å². The third-order valence-electron chi connectivity index (χ3n) is 2.98. The number of carbonyl (C=O) groups is 2. The van der Waals surface area contributed by atoms with Crippen molar-refractivity contribution in [2.75, 3.05) is 32.7 Å². The molecule has 1 aliphatic rings. The van der Waals surface area contributed by atoms with E-state index in [2.05, 4.69) is 5.32 Å². The summed E-state index contributed by atoms with van der Waals surface area (Å²) in [4.78, 5) is 24.3. The Balaban J connectivity index is 2.22. The summed E-state index contributed by atoms with van der Waals surface area (Å²) in [6.07, 6.45) is 2.04. The number of carboxylic acids is 1. The van der Waals surface area contributed by atoms with Crippen molar-refractivity contribution in [1.82, 2.24) is 10.2 Å². The molecular formula is C11H21N3O3. The second kappa shape index (κ2) is 7.24. The molecule has 1 fully saturated rings. The fourth-order valence-electron chi connectivity index (χ4n) is 2.02. The molecule has 1 rings (SSSR count). The van der Waals surface area contributed by atoms with E-state index in [1.54, 1.807) is 0 Å². The number of carbonyl (C=O) groups excluding carboxylic acids is 1. The van der Waals surface area contributed by atoms with Gasteiger partial charge in [-0.05, 0) is 19.4 Å². The van der Waals surface area contributed by atoms with Crippen LogP contribution < -0.4 is 11.1 Å². The lowest BCUT2D eigenvalue weighted by Gasteiger charge is -2.30. The highest BCUT2D eigenvalue weighted by molar-refractivity contribution is 5.76. The smallest absolute Gasteiger partial charge is 0.307 e. The van der Waals surface area contributed by atoms with E-state index in [1.165, 1.54) is 0 Å². The molecular weight excluding hydrogens is 222 g/mol. The summed E-state index contributed by atoms with van der Waals surface area (Å²) in [7, 11) is 0. The minimum absolute atomic E-state index is 0.0205. The van der Waals surface area contributed by atoms with E-state index in [-0.39, 0.29) is 11.8 Å². The fraction of sp³-hybridized carbons (Fsp3) is 0.818. The average Bonchev–Trinajstić information content (AvgIpc) is 2.34. The molecule has 1 heterocycles. The molecule has 1 atom stereocenters. The molecule has 0 saturated carbocycles. The average molecular weight is 243 g/mol. The molecule has 1 amide bonds. The van der Waals surface area contributed by atoms with Crippen LogP contribution in [0.5, 0.6) is 0 Å². The van der Waals surface area contributed by atoms with Crippen LogP contribution in [-0.4, -0.2) is 54.6 Å². The van der Waals surface area contributed by atoms with Crippen molar-refractivity contribution in [3.05, 3.63) is 0 Å². The first-order chi connectivity index (χ1) is 8.13. The van der Waals surface area contributed by atoms with E-state index in [0.717, 1.165) is 19.4 Å². The third-order valence-corrected chi connectivity index (χ3v) is 2.98. The lowest BCUT2D eigenvalue weighted by molar-refractivity contribution is -0.143. The molecule has 4 N–H and O–H groups in total. The summed E-state index contributed by atoms with van der Waals surface area (Å²) in [5.41, 5.74) is 5.28. The van der Waals surface area contributed by atoms with Gasteiger partial charge in [0.05, 0.1) is 5.92 Å². The van der Waals surface area contributed by atoms with Crippen molar-refractivity contribution in [3.63, 3.8) is 0 Å². The van der Waals surface area contributed by atoms with E-state index in [4.69, 9.17) is 10.8 Å². The lowest BCUT2D eigenvalue weighted by Crippen LogP contribution is -2.40. The van der Waals surface area contributed by atoms with Crippen molar-refractivity contribution >= 4 is 11.9 Å². The Morgan fingerprint density at radius 1 is 1.47 bits per heavy atom. The summed E-state index contributed by atoms with van der Waals surface area (Å²) >= 11 is 0. The van der Waals surface area contributed by atoms with Gasteiger partial charge in [-0.1, -0.05) is 0 Å². The van der Waals surface area contributed by atoms with Gasteiger partial charge >= 0.3 is 5.97 Å². The maximum Gasteiger partial charge on any atom is 0.307 e. The number of nitrogens with zero attached hydrogens (tertiary/aromatic N) is 1. The Morgan fingerprint density at radius 3 is 2.88 bits per heavy atom. The van der Waals surface area contributed by atoms with E-state index in [0.29, 0.717) is 32.6 Å². The summed E-state index contributed by atoms with van der Waals surface area (Å²) in [6, 6.07) is 0. The summed E-state index contributed by atoms with van der Waals surface area (Å²) in [5, 5.41) is 11.6. The van der Waals surface area contributed by atoms with Crippen molar-refractivity contribution in [2.45, 2.75) is 19.3 Å². The monoisotopic (exact) mass is 243 g/mol. The van der Waals surface area contributed by atoms with Gasteiger partial charge < -0.3 is 21.1 Å². The Kier molecular flexibility index (Phi) is 5.93. The highest BCUT2D eigenvalue weighted by Gasteiger charge is 2.25. The minimum Gasteiger partial charge on any atom is -0.481 e. The van der Waals surface area contributed by atoms with Crippen molar-refractivity contribution < 1.29 is 14.7 Å². The number of aliphatic carboxylic acids is 1. The van der Waals surface area contributed by atoms with Crippen molar-refractivity contribution in [2.24, 2.45) is 11.7 Å². The Hall–Kier alpha value is -1.14. The third kappa shape index (κ3) is 5.14. The molecule has 0 aliphatic carbocycles. The van der Waals surface area contributed by atoms with Gasteiger partial charge in [0.2, 0.25) is 5.91 Å². The Labute approximate surface area is 101 Å². The lowest BCUT2D eigenvalue weighted by atomic mass is 9.98. The molecule has 1 unspecified atom stereocenters. The predicted molar refractivity (Wildman–Crippen MR) is 63.5 cm³/mol. The fourth-order valence-corrected chi connectivity index (χ4v) is 2.02. The summed E-state index contributed by atoms with van der Waals surface area (Å²) in [6.45, 7) is 3.00. The van der Waals surface area contributed by atoms with Crippen LogP contribution >= 0.6 is 0 Å². The molecule has 0 spiro atoms. The number of hydrogen-bond donors (Lipinski definition) is 3. The topological polar surface area (TPSA) is 95.7 Å². The van der Waals surface area contributed by atoms with Crippen LogP contribution in [0.25, 0.3) is 0 Å². The molecule has 0 aromatic carbocycles. The number of nitrogens with two attached hydrogens (primary N) is 1. The highest BCUT2D eigenvalue weighted by atomic mass is 16.4. The van der Waals surface area contributed by atoms with E-state index >= 15 is 0 Å². The highest BCUT2D eigenvalue weighted by Crippen LogP contribution is 2.16. The van der Waals surface area contributed by atoms with Crippen LogP contribution in [-0.2, 0) is 9.59 Å². The quantitative estimate of drug-likeness (QED) is 0.570. The van der Waals surface area contributed by atoms with Crippen LogP contribution in [0.3, 0.4) is 0 Å². The molecule has 6 nitrogen and oxygen atoms in total. The van der Waals surface area contributed by atoms with Crippen LogP contribution in [0.15, 0.2) is 0 Å². The number of carboxylic acid groups (broad SMARTS) is 1. The number of hydrogen-bond acceptors (Lipinski definition) is 4.